The number of amides is 2. The summed E-state index contributed by atoms with van der Waals surface area (Å²) in [7, 11) is 0. The first-order valence-corrected chi connectivity index (χ1v) is 10.1. The first-order valence-electron chi connectivity index (χ1n) is 10.1. The van der Waals surface area contributed by atoms with Gasteiger partial charge in [0.15, 0.2) is 24.0 Å². The minimum atomic E-state index is -1.07. The van der Waals surface area contributed by atoms with Crippen LogP contribution in [0.3, 0.4) is 0 Å². The van der Waals surface area contributed by atoms with Gasteiger partial charge in [-0.2, -0.15) is 0 Å². The summed E-state index contributed by atoms with van der Waals surface area (Å²) in [4.78, 5) is 25.1. The third-order valence-corrected chi connectivity index (χ3v) is 5.21. The Kier molecular flexibility index (Phi) is 5.88. The van der Waals surface area contributed by atoms with Crippen molar-refractivity contribution in [3.8, 4) is 0 Å². The molecule has 3 saturated heterocycles. The molecule has 0 radical (unpaired) electrons. The van der Waals surface area contributed by atoms with Crippen LogP contribution >= 0.6 is 0 Å². The van der Waals surface area contributed by atoms with E-state index in [1.54, 1.807) is 27.7 Å². The number of nitrogens with one attached hydrogen (secondary N) is 2. The second-order valence-corrected chi connectivity index (χ2v) is 8.68. The standard InChI is InChI=1S/C20H26N3O9/c1-19(2)29-13-14(30-19)16-18(32-20(3,4)31-16)28-15(13)17(25)21-9-12(24)22-10-5-7-11(8-6-10)23(26)27/h5-8,13-16,18,26H,9H2,1-4H3,(H,21,25)(H,22,24)/q-1/t13-,14+,15?,16-,18-/m1/s1. The van der Waals surface area contributed by atoms with E-state index in [0.29, 0.717) is 5.69 Å². The lowest BCUT2D eigenvalue weighted by atomic mass is 9.98. The predicted octanol–water partition coefficient (Wildman–Crippen LogP) is 0.831. The van der Waals surface area contributed by atoms with Gasteiger partial charge in [-0.25, -0.2) is 0 Å². The van der Waals surface area contributed by atoms with Crippen LogP contribution in [0.5, 0.6) is 0 Å². The maximum Gasteiger partial charge on any atom is 0.252 e. The summed E-state index contributed by atoms with van der Waals surface area (Å²) in [5.41, 5.74) is 0.404. The molecule has 3 N–H and O–H groups in total. The van der Waals surface area contributed by atoms with Crippen molar-refractivity contribution >= 4 is 23.2 Å². The molecule has 3 heterocycles. The van der Waals surface area contributed by atoms with Crippen LogP contribution in [0, 0.1) is 5.21 Å². The Bertz CT molecular complexity index is 874. The number of ether oxygens (including phenoxy) is 5. The van der Waals surface area contributed by atoms with Crippen LogP contribution in [0.15, 0.2) is 24.3 Å². The number of hydrogen-bond acceptors (Lipinski definition) is 10. The molecule has 0 spiro atoms. The Labute approximate surface area is 184 Å². The Morgan fingerprint density at radius 1 is 1.00 bits per heavy atom. The van der Waals surface area contributed by atoms with Gasteiger partial charge < -0.3 is 44.8 Å². The number of benzene rings is 1. The van der Waals surface area contributed by atoms with Crippen molar-refractivity contribution in [3.63, 3.8) is 0 Å². The Hall–Kier alpha value is -2.32. The number of fused-ring (bicyclic) bond motifs is 3. The molecule has 3 aliphatic rings. The summed E-state index contributed by atoms with van der Waals surface area (Å²) >= 11 is 0. The highest BCUT2D eigenvalue weighted by Gasteiger charge is 2.62. The van der Waals surface area contributed by atoms with E-state index in [9.17, 15) is 14.8 Å². The van der Waals surface area contributed by atoms with Crippen molar-refractivity contribution in [3.05, 3.63) is 29.5 Å². The zero-order valence-electron chi connectivity index (χ0n) is 18.1. The Morgan fingerprint density at radius 3 is 2.25 bits per heavy atom. The SMILES string of the molecule is CC1(C)O[C@H]2OC(C(=O)NCC(=O)Nc3ccc(N([O-])O)cc3)[C@@H]3OC(C)(C)O[C@@H]3[C@H]2O1. The smallest absolute Gasteiger partial charge is 0.252 e. The van der Waals surface area contributed by atoms with Crippen molar-refractivity contribution in [2.24, 2.45) is 0 Å². The van der Waals surface area contributed by atoms with Crippen LogP contribution in [0.1, 0.15) is 27.7 Å². The van der Waals surface area contributed by atoms with Crippen LogP contribution < -0.4 is 15.9 Å². The van der Waals surface area contributed by atoms with Gasteiger partial charge in [0.1, 0.15) is 18.3 Å². The topological polar surface area (TPSA) is 151 Å². The second-order valence-electron chi connectivity index (χ2n) is 8.68. The number of hydrogen-bond donors (Lipinski definition) is 3. The molecule has 12 nitrogen and oxygen atoms in total. The summed E-state index contributed by atoms with van der Waals surface area (Å²) in [6, 6.07) is 5.54. The van der Waals surface area contributed by atoms with Gasteiger partial charge in [0.05, 0.1) is 12.2 Å². The second kappa shape index (κ2) is 8.23. The summed E-state index contributed by atoms with van der Waals surface area (Å²) in [6.07, 6.45) is -3.77. The van der Waals surface area contributed by atoms with E-state index in [1.807, 2.05) is 0 Å². The van der Waals surface area contributed by atoms with Gasteiger partial charge in [-0.3, -0.25) is 14.8 Å². The molecule has 0 aliphatic carbocycles. The fraction of sp³-hybridized carbons (Fsp3) is 0.600. The monoisotopic (exact) mass is 452 g/mol. The molecular weight excluding hydrogens is 426 g/mol. The quantitative estimate of drug-likeness (QED) is 0.548. The van der Waals surface area contributed by atoms with Crippen molar-refractivity contribution in [1.29, 1.82) is 0 Å². The third kappa shape index (κ3) is 4.71. The van der Waals surface area contributed by atoms with E-state index < -0.39 is 54.1 Å². The third-order valence-electron chi connectivity index (χ3n) is 5.21. The Morgan fingerprint density at radius 2 is 1.59 bits per heavy atom. The molecule has 1 unspecified atom stereocenters. The van der Waals surface area contributed by atoms with E-state index in [4.69, 9.17) is 28.9 Å². The number of carbonyl (C=O) groups excluding carboxylic acids is 2. The maximum atomic E-state index is 12.9. The molecule has 3 fully saturated rings. The maximum absolute atomic E-state index is 12.9. The van der Waals surface area contributed by atoms with E-state index in [-0.39, 0.29) is 17.5 Å². The van der Waals surface area contributed by atoms with E-state index in [0.717, 1.165) is 0 Å². The van der Waals surface area contributed by atoms with Crippen LogP contribution in [0.25, 0.3) is 0 Å². The molecular formula is C20H26N3O9-. The van der Waals surface area contributed by atoms with Crippen molar-refractivity contribution < 1.29 is 38.5 Å². The molecule has 32 heavy (non-hydrogen) atoms. The van der Waals surface area contributed by atoms with Crippen LogP contribution in [0.2, 0.25) is 0 Å². The molecule has 3 aliphatic heterocycles. The van der Waals surface area contributed by atoms with Crippen molar-refractivity contribution in [2.75, 3.05) is 17.1 Å². The highest BCUT2D eigenvalue weighted by molar-refractivity contribution is 5.95. The zero-order valence-corrected chi connectivity index (χ0v) is 18.1. The van der Waals surface area contributed by atoms with E-state index in [1.165, 1.54) is 24.3 Å². The van der Waals surface area contributed by atoms with E-state index in [2.05, 4.69) is 10.6 Å². The van der Waals surface area contributed by atoms with Crippen LogP contribution in [-0.2, 0) is 33.3 Å². The van der Waals surface area contributed by atoms with Gasteiger partial charge in [-0.05, 0) is 52.0 Å². The largest absolute Gasteiger partial charge is 0.733 e. The Balaban J connectivity index is 1.37. The minimum absolute atomic E-state index is 0.0154. The number of carbonyl (C=O) groups is 2. The van der Waals surface area contributed by atoms with Crippen molar-refractivity contribution in [2.45, 2.75) is 70.0 Å². The molecule has 4 rings (SSSR count). The number of rotatable bonds is 5. The lowest BCUT2D eigenvalue weighted by Crippen LogP contribution is -2.59. The number of nitrogens with zero attached hydrogens (tertiary/aromatic N) is 1. The molecule has 0 saturated carbocycles. The zero-order chi connectivity index (χ0) is 23.3. The highest BCUT2D eigenvalue weighted by atomic mass is 16.9. The average molecular weight is 452 g/mol. The average Bonchev–Trinajstić information content (AvgIpc) is 3.19. The summed E-state index contributed by atoms with van der Waals surface area (Å²) < 4.78 is 29.4. The first kappa shape index (κ1) is 22.9. The van der Waals surface area contributed by atoms with Crippen LogP contribution in [-0.4, -0.2) is 65.8 Å². The van der Waals surface area contributed by atoms with Crippen molar-refractivity contribution in [1.82, 2.24) is 5.32 Å². The molecule has 0 aromatic heterocycles. The number of anilines is 2. The van der Waals surface area contributed by atoms with Gasteiger partial charge in [0.25, 0.3) is 5.91 Å². The fourth-order valence-corrected chi connectivity index (χ4v) is 3.97. The lowest BCUT2D eigenvalue weighted by molar-refractivity contribution is -0.231. The minimum Gasteiger partial charge on any atom is -0.733 e. The molecule has 12 heteroatoms. The summed E-state index contributed by atoms with van der Waals surface area (Å²) in [6.45, 7) is 6.62. The highest BCUT2D eigenvalue weighted by Crippen LogP contribution is 2.44. The summed E-state index contributed by atoms with van der Waals surface area (Å²) in [5, 5.41) is 24.5. The van der Waals surface area contributed by atoms with Gasteiger partial charge in [0.2, 0.25) is 5.91 Å². The summed E-state index contributed by atoms with van der Waals surface area (Å²) in [5.74, 6) is -2.90. The van der Waals surface area contributed by atoms with Crippen LogP contribution in [0.4, 0.5) is 11.4 Å². The van der Waals surface area contributed by atoms with Gasteiger partial charge in [0, 0.05) is 5.69 Å². The molecule has 1 aromatic carbocycles. The first-order chi connectivity index (χ1) is 14.9. The van der Waals surface area contributed by atoms with Gasteiger partial charge in [-0.15, -0.1) is 0 Å². The lowest BCUT2D eigenvalue weighted by Gasteiger charge is -2.36. The molecule has 5 atom stereocenters. The predicted molar refractivity (Wildman–Crippen MR) is 108 cm³/mol. The molecule has 176 valence electrons. The van der Waals surface area contributed by atoms with Gasteiger partial charge >= 0.3 is 0 Å². The molecule has 2 amide bonds. The van der Waals surface area contributed by atoms with E-state index >= 15 is 0 Å². The normalized spacial score (nSPS) is 32.0. The van der Waals surface area contributed by atoms with Gasteiger partial charge in [-0.1, -0.05) is 0 Å². The molecule has 1 aromatic rings. The fourth-order valence-electron chi connectivity index (χ4n) is 3.97. The molecule has 0 bridgehead atoms.